The van der Waals surface area contributed by atoms with Crippen LogP contribution in [0.3, 0.4) is 0 Å². The fourth-order valence-electron chi connectivity index (χ4n) is 5.31. The van der Waals surface area contributed by atoms with Gasteiger partial charge < -0.3 is 20.0 Å². The second-order valence-corrected chi connectivity index (χ2v) is 9.95. The number of likely N-dealkylation sites (tertiary alicyclic amines) is 1. The van der Waals surface area contributed by atoms with Crippen molar-refractivity contribution in [1.29, 1.82) is 0 Å². The van der Waals surface area contributed by atoms with Gasteiger partial charge in [-0.1, -0.05) is 37.3 Å². The Kier molecular flexibility index (Phi) is 7.66. The summed E-state index contributed by atoms with van der Waals surface area (Å²) < 4.78 is 0. The lowest BCUT2D eigenvalue weighted by Crippen LogP contribution is -2.53. The van der Waals surface area contributed by atoms with Gasteiger partial charge in [0.1, 0.15) is 11.5 Å². The maximum absolute atomic E-state index is 12.1. The Morgan fingerprint density at radius 1 is 1.00 bits per heavy atom. The van der Waals surface area contributed by atoms with Gasteiger partial charge in [0.05, 0.1) is 5.69 Å². The molecule has 3 saturated heterocycles. The molecule has 3 aliphatic rings. The van der Waals surface area contributed by atoms with Gasteiger partial charge in [0.15, 0.2) is 0 Å². The van der Waals surface area contributed by atoms with Crippen LogP contribution in [0.2, 0.25) is 0 Å². The fourth-order valence-corrected chi connectivity index (χ4v) is 5.31. The third-order valence-corrected chi connectivity index (χ3v) is 7.50. The molecule has 0 unspecified atom stereocenters. The number of nitrogens with one attached hydrogen (secondary N) is 2. The summed E-state index contributed by atoms with van der Waals surface area (Å²) in [6.07, 6.45) is 4.08. The Morgan fingerprint density at radius 3 is 2.38 bits per heavy atom. The first-order chi connectivity index (χ1) is 18.0. The SMILES string of the molecule is CCN1CCC(N2CCN(c3nc(C=C4NC(=O)NC4=O)cc(N(C)Cc4ccccc4)n3)CC2)CC1. The number of hydrogen-bond acceptors (Lipinski definition) is 8. The van der Waals surface area contributed by atoms with Crippen molar-refractivity contribution in [1.82, 2.24) is 30.4 Å². The monoisotopic (exact) mass is 504 g/mol. The zero-order valence-corrected chi connectivity index (χ0v) is 21.7. The summed E-state index contributed by atoms with van der Waals surface area (Å²) in [6.45, 7) is 10.1. The van der Waals surface area contributed by atoms with Crippen molar-refractivity contribution in [3.8, 4) is 0 Å². The summed E-state index contributed by atoms with van der Waals surface area (Å²) >= 11 is 0. The number of aromatic nitrogens is 2. The first-order valence-corrected chi connectivity index (χ1v) is 13.2. The Morgan fingerprint density at radius 2 is 1.73 bits per heavy atom. The molecule has 2 N–H and O–H groups in total. The van der Waals surface area contributed by atoms with Crippen LogP contribution in [0.15, 0.2) is 42.1 Å². The van der Waals surface area contributed by atoms with Crippen molar-refractivity contribution >= 4 is 29.8 Å². The molecule has 10 heteroatoms. The van der Waals surface area contributed by atoms with Gasteiger partial charge in [-0.2, -0.15) is 4.98 Å². The standard InChI is InChI=1S/C27H36N8O2/c1-3-33-11-9-22(10-12-33)34-13-15-35(16-14-34)26-28-21(17-23-25(36)31-27(37)29-23)18-24(30-26)32(2)19-20-7-5-4-6-8-20/h4-8,17-18,22H,3,9-16,19H2,1-2H3,(H2,29,31,36,37). The van der Waals surface area contributed by atoms with E-state index < -0.39 is 11.9 Å². The Bertz CT molecular complexity index is 1140. The van der Waals surface area contributed by atoms with Crippen LogP contribution in [-0.4, -0.2) is 90.6 Å². The first kappa shape index (κ1) is 25.2. The van der Waals surface area contributed by atoms with Gasteiger partial charge >= 0.3 is 6.03 Å². The number of nitrogens with zero attached hydrogens (tertiary/aromatic N) is 6. The molecule has 0 atom stereocenters. The number of urea groups is 1. The van der Waals surface area contributed by atoms with Gasteiger partial charge in [-0.15, -0.1) is 0 Å². The Hall–Kier alpha value is -3.50. The largest absolute Gasteiger partial charge is 0.355 e. The zero-order chi connectivity index (χ0) is 25.8. The predicted octanol–water partition coefficient (Wildman–Crippen LogP) is 1.90. The average molecular weight is 505 g/mol. The number of benzene rings is 1. The molecule has 5 rings (SSSR count). The molecule has 0 saturated carbocycles. The number of hydrogen-bond donors (Lipinski definition) is 2. The van der Waals surface area contributed by atoms with Gasteiger partial charge in [-0.25, -0.2) is 9.78 Å². The van der Waals surface area contributed by atoms with Crippen molar-refractivity contribution in [3.05, 3.63) is 53.4 Å². The van der Waals surface area contributed by atoms with E-state index in [0.717, 1.165) is 38.5 Å². The summed E-state index contributed by atoms with van der Waals surface area (Å²) in [4.78, 5) is 42.9. The van der Waals surface area contributed by atoms with E-state index in [1.807, 2.05) is 31.3 Å². The van der Waals surface area contributed by atoms with E-state index in [2.05, 4.69) is 49.3 Å². The van der Waals surface area contributed by atoms with E-state index in [1.54, 1.807) is 6.08 Å². The number of imide groups is 1. The lowest BCUT2D eigenvalue weighted by Gasteiger charge is -2.42. The van der Waals surface area contributed by atoms with Crippen LogP contribution in [0.25, 0.3) is 6.08 Å². The zero-order valence-electron chi connectivity index (χ0n) is 21.7. The van der Waals surface area contributed by atoms with E-state index >= 15 is 0 Å². The Labute approximate surface area is 218 Å². The minimum Gasteiger partial charge on any atom is -0.355 e. The normalized spacial score (nSPS) is 20.8. The average Bonchev–Trinajstić information content (AvgIpc) is 3.25. The van der Waals surface area contributed by atoms with Crippen LogP contribution in [0, 0.1) is 0 Å². The number of amides is 3. The maximum Gasteiger partial charge on any atom is 0.326 e. The summed E-state index contributed by atoms with van der Waals surface area (Å²) in [7, 11) is 2.00. The smallest absolute Gasteiger partial charge is 0.326 e. The maximum atomic E-state index is 12.1. The van der Waals surface area contributed by atoms with E-state index in [0.29, 0.717) is 24.2 Å². The third kappa shape index (κ3) is 6.08. The molecule has 3 fully saturated rings. The molecule has 196 valence electrons. The molecule has 0 spiro atoms. The minimum atomic E-state index is -0.521. The van der Waals surface area contributed by atoms with Crippen LogP contribution in [0.4, 0.5) is 16.6 Å². The molecule has 1 aromatic heterocycles. The van der Waals surface area contributed by atoms with Gasteiger partial charge in [-0.3, -0.25) is 15.0 Å². The molecule has 2 aromatic rings. The molecular weight excluding hydrogens is 468 g/mol. The fraction of sp³-hybridized carbons (Fsp3) is 0.481. The molecule has 0 bridgehead atoms. The highest BCUT2D eigenvalue weighted by atomic mass is 16.2. The van der Waals surface area contributed by atoms with Crippen molar-refractivity contribution in [3.63, 3.8) is 0 Å². The highest BCUT2D eigenvalue weighted by Crippen LogP contribution is 2.23. The van der Waals surface area contributed by atoms with Crippen LogP contribution in [-0.2, 0) is 11.3 Å². The number of rotatable bonds is 7. The molecule has 0 aliphatic carbocycles. The number of carbonyl (C=O) groups excluding carboxylic acids is 2. The summed E-state index contributed by atoms with van der Waals surface area (Å²) in [5, 5.41) is 4.80. The molecule has 10 nitrogen and oxygen atoms in total. The van der Waals surface area contributed by atoms with Gasteiger partial charge in [0.25, 0.3) is 5.91 Å². The second-order valence-electron chi connectivity index (χ2n) is 9.95. The molecule has 0 radical (unpaired) electrons. The van der Waals surface area contributed by atoms with Gasteiger partial charge in [0, 0.05) is 51.9 Å². The van der Waals surface area contributed by atoms with Gasteiger partial charge in [-0.05, 0) is 44.1 Å². The molecule has 37 heavy (non-hydrogen) atoms. The lowest BCUT2D eigenvalue weighted by molar-refractivity contribution is -0.115. The van der Waals surface area contributed by atoms with Crippen molar-refractivity contribution < 1.29 is 9.59 Å². The number of anilines is 2. The molecule has 3 amide bonds. The second kappa shape index (κ2) is 11.3. The van der Waals surface area contributed by atoms with Crippen LogP contribution in [0.5, 0.6) is 0 Å². The number of piperidine rings is 1. The molecule has 4 heterocycles. The highest BCUT2D eigenvalue weighted by molar-refractivity contribution is 6.13. The number of carbonyl (C=O) groups is 2. The minimum absolute atomic E-state index is 0.189. The molecule has 3 aliphatic heterocycles. The quantitative estimate of drug-likeness (QED) is 0.436. The van der Waals surface area contributed by atoms with Crippen LogP contribution >= 0.6 is 0 Å². The third-order valence-electron chi connectivity index (χ3n) is 7.50. The van der Waals surface area contributed by atoms with Crippen molar-refractivity contribution in [2.75, 3.05) is 62.7 Å². The van der Waals surface area contributed by atoms with Crippen LogP contribution in [0.1, 0.15) is 31.0 Å². The summed E-state index contributed by atoms with van der Waals surface area (Å²) in [5.74, 6) is 0.960. The van der Waals surface area contributed by atoms with Crippen molar-refractivity contribution in [2.24, 2.45) is 0 Å². The molecular formula is C27H36N8O2. The topological polar surface area (TPSA) is 96.9 Å². The Balaban J connectivity index is 1.34. The van der Waals surface area contributed by atoms with E-state index in [4.69, 9.17) is 9.97 Å². The van der Waals surface area contributed by atoms with E-state index in [9.17, 15) is 9.59 Å². The van der Waals surface area contributed by atoms with Crippen LogP contribution < -0.4 is 20.4 Å². The lowest BCUT2D eigenvalue weighted by atomic mass is 10.0. The highest BCUT2D eigenvalue weighted by Gasteiger charge is 2.28. The predicted molar refractivity (Wildman–Crippen MR) is 144 cm³/mol. The number of piperazine rings is 1. The summed E-state index contributed by atoms with van der Waals surface area (Å²) in [5.41, 5.74) is 1.95. The first-order valence-electron chi connectivity index (χ1n) is 13.2. The van der Waals surface area contributed by atoms with Crippen molar-refractivity contribution in [2.45, 2.75) is 32.4 Å². The molecule has 1 aromatic carbocycles. The van der Waals surface area contributed by atoms with Gasteiger partial charge in [0.2, 0.25) is 5.95 Å². The van der Waals surface area contributed by atoms with E-state index in [-0.39, 0.29) is 5.70 Å². The van der Waals surface area contributed by atoms with E-state index in [1.165, 1.54) is 31.5 Å². The summed E-state index contributed by atoms with van der Waals surface area (Å²) in [6, 6.07) is 12.2.